The lowest BCUT2D eigenvalue weighted by molar-refractivity contribution is -0.140. The molecule has 0 radical (unpaired) electrons. The largest absolute Gasteiger partial charge is 0.480 e. The van der Waals surface area contributed by atoms with Crippen molar-refractivity contribution in [3.05, 3.63) is 11.4 Å². The van der Waals surface area contributed by atoms with Crippen molar-refractivity contribution >= 4 is 11.9 Å². The van der Waals surface area contributed by atoms with Crippen LogP contribution in [0.25, 0.3) is 0 Å². The minimum Gasteiger partial charge on any atom is -0.480 e. The number of amides is 1. The van der Waals surface area contributed by atoms with E-state index in [-0.39, 0.29) is 5.69 Å². The summed E-state index contributed by atoms with van der Waals surface area (Å²) in [5.74, 6) is -1.76. The van der Waals surface area contributed by atoms with Crippen LogP contribution in [0.2, 0.25) is 0 Å². The highest BCUT2D eigenvalue weighted by Gasteiger charge is 2.21. The van der Waals surface area contributed by atoms with Crippen LogP contribution < -0.4 is 5.73 Å². The number of primary amides is 1. The summed E-state index contributed by atoms with van der Waals surface area (Å²) in [6.07, 6.45) is 0. The van der Waals surface area contributed by atoms with Crippen molar-refractivity contribution in [1.29, 1.82) is 0 Å². The number of hydrogen-bond donors (Lipinski definition) is 2. The first kappa shape index (κ1) is 10.2. The summed E-state index contributed by atoms with van der Waals surface area (Å²) >= 11 is 0. The molecule has 1 rings (SSSR count). The molecule has 0 saturated carbocycles. The molecule has 0 spiro atoms. The number of rotatable bonds is 3. The number of carboxylic acids is 1. The van der Waals surface area contributed by atoms with Crippen LogP contribution in [0.3, 0.4) is 0 Å². The number of carbonyl (C=O) groups is 2. The summed E-state index contributed by atoms with van der Waals surface area (Å²) in [5.41, 5.74) is 5.35. The van der Waals surface area contributed by atoms with Crippen LogP contribution in [0.5, 0.6) is 0 Å². The summed E-state index contributed by atoms with van der Waals surface area (Å²) in [6, 6.07) is -0.865. The number of aromatic nitrogens is 3. The third-order valence-corrected chi connectivity index (χ3v) is 1.89. The second-order valence-electron chi connectivity index (χ2n) is 2.85. The average molecular weight is 198 g/mol. The van der Waals surface area contributed by atoms with Crippen LogP contribution >= 0.6 is 0 Å². The van der Waals surface area contributed by atoms with E-state index in [1.807, 2.05) is 0 Å². The summed E-state index contributed by atoms with van der Waals surface area (Å²) < 4.78 is 1.14. The Morgan fingerprint density at radius 2 is 2.14 bits per heavy atom. The highest BCUT2D eigenvalue weighted by Crippen LogP contribution is 2.10. The highest BCUT2D eigenvalue weighted by molar-refractivity contribution is 5.91. The standard InChI is InChI=1S/C7H10N4O3/c1-3-5(6(8)12)9-10-11(3)4(2)7(13)14/h4H,1-2H3,(H2,8,12)(H,13,14). The van der Waals surface area contributed by atoms with E-state index >= 15 is 0 Å². The Kier molecular flexibility index (Phi) is 2.50. The molecule has 1 aromatic heterocycles. The third kappa shape index (κ3) is 1.56. The van der Waals surface area contributed by atoms with E-state index in [9.17, 15) is 9.59 Å². The molecule has 1 amide bonds. The minimum atomic E-state index is -1.05. The van der Waals surface area contributed by atoms with Gasteiger partial charge in [0.15, 0.2) is 5.69 Å². The molecule has 1 aromatic rings. The van der Waals surface area contributed by atoms with Crippen molar-refractivity contribution < 1.29 is 14.7 Å². The smallest absolute Gasteiger partial charge is 0.328 e. The monoisotopic (exact) mass is 198 g/mol. The molecular formula is C7H10N4O3. The van der Waals surface area contributed by atoms with Crippen molar-refractivity contribution in [2.45, 2.75) is 19.9 Å². The van der Waals surface area contributed by atoms with E-state index in [0.717, 1.165) is 4.68 Å². The van der Waals surface area contributed by atoms with Crippen LogP contribution in [-0.4, -0.2) is 32.0 Å². The fourth-order valence-corrected chi connectivity index (χ4v) is 1.04. The van der Waals surface area contributed by atoms with Gasteiger partial charge in [-0.15, -0.1) is 5.10 Å². The Morgan fingerprint density at radius 3 is 2.50 bits per heavy atom. The molecular weight excluding hydrogens is 188 g/mol. The summed E-state index contributed by atoms with van der Waals surface area (Å²) in [5, 5.41) is 15.7. The van der Waals surface area contributed by atoms with Gasteiger partial charge in [0.05, 0.1) is 5.69 Å². The Balaban J connectivity index is 3.13. The van der Waals surface area contributed by atoms with Crippen LogP contribution in [-0.2, 0) is 4.79 Å². The van der Waals surface area contributed by atoms with Gasteiger partial charge < -0.3 is 10.8 Å². The molecule has 1 atom stereocenters. The van der Waals surface area contributed by atoms with Crippen molar-refractivity contribution in [1.82, 2.24) is 15.0 Å². The van der Waals surface area contributed by atoms with Gasteiger partial charge in [-0.25, -0.2) is 9.48 Å². The van der Waals surface area contributed by atoms with Crippen molar-refractivity contribution in [2.24, 2.45) is 5.73 Å². The van der Waals surface area contributed by atoms with Gasteiger partial charge in [0, 0.05) is 0 Å². The van der Waals surface area contributed by atoms with Gasteiger partial charge in [0.1, 0.15) is 6.04 Å². The first-order valence-electron chi connectivity index (χ1n) is 3.89. The quantitative estimate of drug-likeness (QED) is 0.669. The summed E-state index contributed by atoms with van der Waals surface area (Å²) in [7, 11) is 0. The van der Waals surface area contributed by atoms with E-state index in [2.05, 4.69) is 10.3 Å². The van der Waals surface area contributed by atoms with E-state index < -0.39 is 17.9 Å². The van der Waals surface area contributed by atoms with E-state index in [0.29, 0.717) is 5.69 Å². The number of nitrogens with zero attached hydrogens (tertiary/aromatic N) is 3. The second-order valence-corrected chi connectivity index (χ2v) is 2.85. The van der Waals surface area contributed by atoms with E-state index in [4.69, 9.17) is 10.8 Å². The molecule has 0 saturated heterocycles. The molecule has 7 heteroatoms. The fourth-order valence-electron chi connectivity index (χ4n) is 1.04. The molecule has 0 aliphatic rings. The Morgan fingerprint density at radius 1 is 1.57 bits per heavy atom. The van der Waals surface area contributed by atoms with Gasteiger partial charge >= 0.3 is 5.97 Å². The first-order chi connectivity index (χ1) is 6.45. The fraction of sp³-hybridized carbons (Fsp3) is 0.429. The Hall–Kier alpha value is -1.92. The zero-order chi connectivity index (χ0) is 10.9. The molecule has 14 heavy (non-hydrogen) atoms. The molecule has 3 N–H and O–H groups in total. The molecule has 1 heterocycles. The van der Waals surface area contributed by atoms with Gasteiger partial charge in [0.25, 0.3) is 5.91 Å². The predicted molar refractivity (Wildman–Crippen MR) is 45.6 cm³/mol. The first-order valence-corrected chi connectivity index (χ1v) is 3.89. The molecule has 0 fully saturated rings. The van der Waals surface area contributed by atoms with Gasteiger partial charge in [-0.1, -0.05) is 5.21 Å². The minimum absolute atomic E-state index is 0.00176. The summed E-state index contributed by atoms with van der Waals surface area (Å²) in [6.45, 7) is 2.98. The molecule has 76 valence electrons. The zero-order valence-electron chi connectivity index (χ0n) is 7.76. The SMILES string of the molecule is Cc1c(C(N)=O)nnn1C(C)C(=O)O. The predicted octanol–water partition coefficient (Wildman–Crippen LogP) is -0.669. The summed E-state index contributed by atoms with van der Waals surface area (Å²) in [4.78, 5) is 21.4. The lowest BCUT2D eigenvalue weighted by atomic mass is 10.3. The maximum atomic E-state index is 10.8. The van der Waals surface area contributed by atoms with Crippen molar-refractivity contribution in [2.75, 3.05) is 0 Å². The number of carbonyl (C=O) groups excluding carboxylic acids is 1. The normalized spacial score (nSPS) is 12.4. The molecule has 0 aromatic carbocycles. The van der Waals surface area contributed by atoms with Gasteiger partial charge in [-0.05, 0) is 13.8 Å². The van der Waals surface area contributed by atoms with Crippen LogP contribution in [0.4, 0.5) is 0 Å². The van der Waals surface area contributed by atoms with Crippen LogP contribution in [0.1, 0.15) is 29.1 Å². The molecule has 1 unspecified atom stereocenters. The van der Waals surface area contributed by atoms with Crippen LogP contribution in [0, 0.1) is 6.92 Å². The molecule has 0 aliphatic heterocycles. The average Bonchev–Trinajstić information content (AvgIpc) is 2.45. The number of hydrogen-bond acceptors (Lipinski definition) is 4. The van der Waals surface area contributed by atoms with Gasteiger partial charge in [-0.3, -0.25) is 4.79 Å². The van der Waals surface area contributed by atoms with E-state index in [1.165, 1.54) is 6.92 Å². The topological polar surface area (TPSA) is 111 Å². The highest BCUT2D eigenvalue weighted by atomic mass is 16.4. The van der Waals surface area contributed by atoms with Gasteiger partial charge in [0.2, 0.25) is 0 Å². The number of nitrogens with two attached hydrogens (primary N) is 1. The van der Waals surface area contributed by atoms with Crippen molar-refractivity contribution in [3.8, 4) is 0 Å². The van der Waals surface area contributed by atoms with E-state index in [1.54, 1.807) is 6.92 Å². The van der Waals surface area contributed by atoms with Crippen molar-refractivity contribution in [3.63, 3.8) is 0 Å². The Labute approximate surface area is 79.5 Å². The molecule has 7 nitrogen and oxygen atoms in total. The molecule has 0 aliphatic carbocycles. The lowest BCUT2D eigenvalue weighted by Gasteiger charge is -2.07. The Bertz CT molecular complexity index is 384. The third-order valence-electron chi connectivity index (χ3n) is 1.89. The lowest BCUT2D eigenvalue weighted by Crippen LogP contribution is -2.19. The maximum Gasteiger partial charge on any atom is 0.328 e. The van der Waals surface area contributed by atoms with Crippen LogP contribution in [0.15, 0.2) is 0 Å². The molecule has 0 bridgehead atoms. The maximum absolute atomic E-state index is 10.8. The zero-order valence-corrected chi connectivity index (χ0v) is 7.76. The number of aliphatic carboxylic acids is 1. The van der Waals surface area contributed by atoms with Gasteiger partial charge in [-0.2, -0.15) is 0 Å². The number of carboxylic acid groups (broad SMARTS) is 1. The second kappa shape index (κ2) is 3.44.